The summed E-state index contributed by atoms with van der Waals surface area (Å²) in [7, 11) is 0. The van der Waals surface area contributed by atoms with Gasteiger partial charge in [0.15, 0.2) is 11.5 Å². The minimum atomic E-state index is -0.146. The monoisotopic (exact) mass is 205 g/mol. The van der Waals surface area contributed by atoms with E-state index in [0.717, 1.165) is 0 Å². The van der Waals surface area contributed by atoms with Crippen LogP contribution < -0.4 is 10.6 Å². The lowest BCUT2D eigenvalue weighted by molar-refractivity contribution is -0.119. The number of carbonyl (C=O) groups excluding carboxylic acids is 1. The Hall–Kier alpha value is -2.16. The van der Waals surface area contributed by atoms with Gasteiger partial charge < -0.3 is 10.6 Å². The second kappa shape index (κ2) is 5.54. The third-order valence-corrected chi connectivity index (χ3v) is 1.59. The highest BCUT2D eigenvalue weighted by Crippen LogP contribution is 2.04. The summed E-state index contributed by atoms with van der Waals surface area (Å²) in [4.78, 5) is 18.8. The fourth-order valence-corrected chi connectivity index (χ4v) is 0.973. The highest BCUT2D eigenvalue weighted by molar-refractivity contribution is 5.80. The molecule has 0 aliphatic carbocycles. The van der Waals surface area contributed by atoms with E-state index in [1.165, 1.54) is 12.4 Å². The molecule has 0 aromatic carbocycles. The van der Waals surface area contributed by atoms with Crippen LogP contribution in [0.4, 0.5) is 5.82 Å². The molecule has 1 rings (SSSR count). The molecule has 15 heavy (non-hydrogen) atoms. The van der Waals surface area contributed by atoms with Crippen molar-refractivity contribution >= 4 is 11.7 Å². The average Bonchev–Trinajstić information content (AvgIpc) is 2.27. The van der Waals surface area contributed by atoms with Gasteiger partial charge in [-0.05, 0) is 6.92 Å². The largest absolute Gasteiger partial charge is 0.359 e. The maximum atomic E-state index is 11.1. The molecule has 6 heteroatoms. The molecule has 1 aromatic heterocycles. The standard InChI is InChI=1S/C9H11N5O/c1-2-11-8(15)6-14-9-7(5-10)12-3-4-13-9/h3-4H,2,6H2,1H3,(H,11,15)(H,13,14). The molecule has 1 amide bonds. The summed E-state index contributed by atoms with van der Waals surface area (Å²) in [6.07, 6.45) is 2.89. The quantitative estimate of drug-likeness (QED) is 0.716. The Morgan fingerprint density at radius 1 is 1.53 bits per heavy atom. The predicted octanol–water partition coefficient (Wildman–Crippen LogP) is -0.104. The summed E-state index contributed by atoms with van der Waals surface area (Å²) in [5, 5.41) is 14.1. The van der Waals surface area contributed by atoms with Crippen molar-refractivity contribution in [2.24, 2.45) is 0 Å². The zero-order valence-corrected chi connectivity index (χ0v) is 8.32. The first-order chi connectivity index (χ1) is 7.27. The van der Waals surface area contributed by atoms with Gasteiger partial charge >= 0.3 is 0 Å². The number of aromatic nitrogens is 2. The minimum Gasteiger partial charge on any atom is -0.359 e. The van der Waals surface area contributed by atoms with Crippen molar-refractivity contribution in [2.45, 2.75) is 6.92 Å². The molecule has 6 nitrogen and oxygen atoms in total. The fraction of sp³-hybridized carbons (Fsp3) is 0.333. The molecule has 0 bridgehead atoms. The van der Waals surface area contributed by atoms with E-state index in [2.05, 4.69) is 20.6 Å². The van der Waals surface area contributed by atoms with Gasteiger partial charge in [-0.3, -0.25) is 4.79 Å². The fourth-order valence-electron chi connectivity index (χ4n) is 0.973. The molecule has 1 aromatic rings. The van der Waals surface area contributed by atoms with Crippen LogP contribution in [0.1, 0.15) is 12.6 Å². The number of nitriles is 1. The SMILES string of the molecule is CCNC(=O)CNc1nccnc1C#N. The Bertz CT molecular complexity index is 384. The molecular weight excluding hydrogens is 194 g/mol. The molecule has 0 aliphatic rings. The van der Waals surface area contributed by atoms with E-state index >= 15 is 0 Å². The number of likely N-dealkylation sites (N-methyl/N-ethyl adjacent to an activating group) is 1. The molecule has 0 spiro atoms. The Morgan fingerprint density at radius 2 is 2.27 bits per heavy atom. The number of hydrogen-bond acceptors (Lipinski definition) is 5. The number of anilines is 1. The smallest absolute Gasteiger partial charge is 0.239 e. The average molecular weight is 205 g/mol. The molecule has 78 valence electrons. The second-order valence-corrected chi connectivity index (χ2v) is 2.67. The first-order valence-corrected chi connectivity index (χ1v) is 4.49. The van der Waals surface area contributed by atoms with Gasteiger partial charge in [0, 0.05) is 18.9 Å². The minimum absolute atomic E-state index is 0.0845. The summed E-state index contributed by atoms with van der Waals surface area (Å²) in [6.45, 7) is 2.49. The molecule has 1 heterocycles. The van der Waals surface area contributed by atoms with Gasteiger partial charge in [-0.1, -0.05) is 0 Å². The number of carbonyl (C=O) groups is 1. The van der Waals surface area contributed by atoms with E-state index in [1.807, 2.05) is 13.0 Å². The Labute approximate surface area is 87.3 Å². The lowest BCUT2D eigenvalue weighted by Gasteiger charge is -2.05. The summed E-state index contributed by atoms with van der Waals surface area (Å²) in [6, 6.07) is 1.88. The normalized spacial score (nSPS) is 9.07. The number of hydrogen-bond donors (Lipinski definition) is 2. The van der Waals surface area contributed by atoms with Gasteiger partial charge in [0.2, 0.25) is 5.91 Å². The van der Waals surface area contributed by atoms with Crippen LogP contribution >= 0.6 is 0 Å². The van der Waals surface area contributed by atoms with Crippen LogP contribution in [0.2, 0.25) is 0 Å². The van der Waals surface area contributed by atoms with Crippen molar-refractivity contribution in [3.05, 3.63) is 18.1 Å². The van der Waals surface area contributed by atoms with Gasteiger partial charge in [-0.2, -0.15) is 5.26 Å². The third kappa shape index (κ3) is 3.23. The second-order valence-electron chi connectivity index (χ2n) is 2.67. The van der Waals surface area contributed by atoms with Gasteiger partial charge in [-0.15, -0.1) is 0 Å². The molecule has 0 atom stereocenters. The van der Waals surface area contributed by atoms with Gasteiger partial charge in [0.05, 0.1) is 6.54 Å². The van der Waals surface area contributed by atoms with Crippen molar-refractivity contribution < 1.29 is 4.79 Å². The molecule has 2 N–H and O–H groups in total. The van der Waals surface area contributed by atoms with Crippen molar-refractivity contribution in [1.29, 1.82) is 5.26 Å². The van der Waals surface area contributed by atoms with E-state index < -0.39 is 0 Å². The van der Waals surface area contributed by atoms with Crippen molar-refractivity contribution in [3.8, 4) is 6.07 Å². The highest BCUT2D eigenvalue weighted by Gasteiger charge is 2.05. The molecular formula is C9H11N5O. The molecule has 0 saturated heterocycles. The molecule has 0 radical (unpaired) electrons. The van der Waals surface area contributed by atoms with Crippen LogP contribution in [0.25, 0.3) is 0 Å². The molecule has 0 saturated carbocycles. The highest BCUT2D eigenvalue weighted by atomic mass is 16.1. The topological polar surface area (TPSA) is 90.7 Å². The zero-order valence-electron chi connectivity index (χ0n) is 8.32. The van der Waals surface area contributed by atoms with E-state index in [1.54, 1.807) is 0 Å². The van der Waals surface area contributed by atoms with Crippen LogP contribution in [-0.2, 0) is 4.79 Å². The van der Waals surface area contributed by atoms with Crippen molar-refractivity contribution in [3.63, 3.8) is 0 Å². The van der Waals surface area contributed by atoms with Crippen LogP contribution in [0.15, 0.2) is 12.4 Å². The number of nitrogens with zero attached hydrogens (tertiary/aromatic N) is 3. The number of nitrogens with one attached hydrogen (secondary N) is 2. The molecule has 0 fully saturated rings. The van der Waals surface area contributed by atoms with E-state index in [9.17, 15) is 4.79 Å². The Morgan fingerprint density at radius 3 is 2.93 bits per heavy atom. The van der Waals surface area contributed by atoms with Gasteiger partial charge in [0.25, 0.3) is 0 Å². The molecule has 0 unspecified atom stereocenters. The maximum Gasteiger partial charge on any atom is 0.239 e. The molecule has 0 aliphatic heterocycles. The van der Waals surface area contributed by atoms with Crippen LogP contribution in [0.3, 0.4) is 0 Å². The van der Waals surface area contributed by atoms with Crippen LogP contribution in [0.5, 0.6) is 0 Å². The Balaban J connectivity index is 2.58. The summed E-state index contributed by atoms with van der Waals surface area (Å²) >= 11 is 0. The van der Waals surface area contributed by atoms with Crippen LogP contribution in [-0.4, -0.2) is 29.0 Å². The third-order valence-electron chi connectivity index (χ3n) is 1.59. The summed E-state index contributed by atoms with van der Waals surface area (Å²) in [5.74, 6) is 0.179. The Kier molecular flexibility index (Phi) is 4.04. The van der Waals surface area contributed by atoms with Gasteiger partial charge in [0.1, 0.15) is 6.07 Å². The van der Waals surface area contributed by atoms with Gasteiger partial charge in [-0.25, -0.2) is 9.97 Å². The number of rotatable bonds is 4. The first kappa shape index (κ1) is 10.9. The maximum absolute atomic E-state index is 11.1. The predicted molar refractivity (Wildman–Crippen MR) is 53.9 cm³/mol. The summed E-state index contributed by atoms with van der Waals surface area (Å²) in [5.41, 5.74) is 0.182. The van der Waals surface area contributed by atoms with Crippen LogP contribution in [0, 0.1) is 11.3 Å². The number of amides is 1. The lowest BCUT2D eigenvalue weighted by Crippen LogP contribution is -2.29. The van der Waals surface area contributed by atoms with E-state index in [4.69, 9.17) is 5.26 Å². The first-order valence-electron chi connectivity index (χ1n) is 4.49. The lowest BCUT2D eigenvalue weighted by atomic mass is 10.4. The zero-order chi connectivity index (χ0) is 11.1. The van der Waals surface area contributed by atoms with E-state index in [-0.39, 0.29) is 18.1 Å². The summed E-state index contributed by atoms with van der Waals surface area (Å²) < 4.78 is 0. The van der Waals surface area contributed by atoms with Crippen molar-refractivity contribution in [1.82, 2.24) is 15.3 Å². The van der Waals surface area contributed by atoms with Crippen molar-refractivity contribution in [2.75, 3.05) is 18.4 Å². The van der Waals surface area contributed by atoms with E-state index in [0.29, 0.717) is 12.4 Å².